The van der Waals surface area contributed by atoms with E-state index in [1.54, 1.807) is 0 Å². The molecule has 2 heterocycles. The molecule has 7 nitrogen and oxygen atoms in total. The number of rotatable bonds is 5. The molecule has 0 aromatic carbocycles. The highest BCUT2D eigenvalue weighted by atomic mass is 32.2. The Hall–Kier alpha value is -1.70. The molecule has 0 aliphatic carbocycles. The first-order chi connectivity index (χ1) is 9.89. The molecular weight excluding hydrogens is 292 g/mol. The molecule has 2 unspecified atom stereocenters. The number of nitrogens with zero attached hydrogens (tertiary/aromatic N) is 2. The van der Waals surface area contributed by atoms with Crippen LogP contribution in [0.5, 0.6) is 0 Å². The summed E-state index contributed by atoms with van der Waals surface area (Å²) >= 11 is 0. The van der Waals surface area contributed by atoms with E-state index in [1.807, 2.05) is 13.8 Å². The molecule has 1 aliphatic heterocycles. The van der Waals surface area contributed by atoms with Crippen LogP contribution in [0.15, 0.2) is 12.4 Å². The Morgan fingerprint density at radius 2 is 2.19 bits per heavy atom. The van der Waals surface area contributed by atoms with E-state index in [0.717, 1.165) is 6.42 Å². The van der Waals surface area contributed by atoms with E-state index < -0.39 is 9.84 Å². The molecule has 0 radical (unpaired) electrons. The number of hydrogen-bond donors (Lipinski definition) is 2. The zero-order valence-corrected chi connectivity index (χ0v) is 13.0. The summed E-state index contributed by atoms with van der Waals surface area (Å²) in [5.74, 6) is 0.544. The maximum absolute atomic E-state index is 11.8. The molecule has 2 N–H and O–H groups in total. The van der Waals surface area contributed by atoms with Crippen LogP contribution in [-0.2, 0) is 9.84 Å². The fraction of sp³-hybridized carbons (Fsp3) is 0.615. The fourth-order valence-corrected chi connectivity index (χ4v) is 3.71. The van der Waals surface area contributed by atoms with Crippen LogP contribution in [-0.4, -0.2) is 47.9 Å². The predicted octanol–water partition coefficient (Wildman–Crippen LogP) is 0.604. The lowest BCUT2D eigenvalue weighted by atomic mass is 10.2. The van der Waals surface area contributed by atoms with Gasteiger partial charge < -0.3 is 10.6 Å². The number of anilines is 1. The van der Waals surface area contributed by atoms with Gasteiger partial charge in [0.2, 0.25) is 0 Å². The third-order valence-corrected chi connectivity index (χ3v) is 5.23. The number of amides is 1. The van der Waals surface area contributed by atoms with Gasteiger partial charge in [0.15, 0.2) is 9.84 Å². The topological polar surface area (TPSA) is 101 Å². The second-order valence-corrected chi connectivity index (χ2v) is 7.54. The molecule has 2 atom stereocenters. The summed E-state index contributed by atoms with van der Waals surface area (Å²) < 4.78 is 22.8. The molecule has 21 heavy (non-hydrogen) atoms. The van der Waals surface area contributed by atoms with E-state index in [9.17, 15) is 13.2 Å². The molecule has 116 valence electrons. The molecule has 0 saturated carbocycles. The smallest absolute Gasteiger partial charge is 0.271 e. The highest BCUT2D eigenvalue weighted by Crippen LogP contribution is 2.15. The van der Waals surface area contributed by atoms with Gasteiger partial charge in [-0.15, -0.1) is 0 Å². The molecule has 1 amide bonds. The number of carbonyl (C=O) groups is 1. The minimum atomic E-state index is -2.93. The van der Waals surface area contributed by atoms with E-state index in [-0.39, 0.29) is 35.2 Å². The van der Waals surface area contributed by atoms with Crippen LogP contribution in [0, 0.1) is 0 Å². The highest BCUT2D eigenvalue weighted by molar-refractivity contribution is 7.91. The van der Waals surface area contributed by atoms with Crippen LogP contribution in [0.3, 0.4) is 0 Å². The Morgan fingerprint density at radius 3 is 2.71 bits per heavy atom. The van der Waals surface area contributed by atoms with Crippen LogP contribution >= 0.6 is 0 Å². The first-order valence-corrected chi connectivity index (χ1v) is 8.81. The Balaban J connectivity index is 1.94. The minimum absolute atomic E-state index is 0.0841. The Kier molecular flexibility index (Phi) is 4.76. The summed E-state index contributed by atoms with van der Waals surface area (Å²) in [6.07, 6.45) is 4.26. The van der Waals surface area contributed by atoms with Crippen molar-refractivity contribution in [1.29, 1.82) is 0 Å². The van der Waals surface area contributed by atoms with Gasteiger partial charge in [-0.2, -0.15) is 0 Å². The Morgan fingerprint density at radius 1 is 1.43 bits per heavy atom. The third-order valence-electron chi connectivity index (χ3n) is 3.46. The fourth-order valence-electron chi connectivity index (χ4n) is 2.04. The van der Waals surface area contributed by atoms with Crippen molar-refractivity contribution < 1.29 is 13.2 Å². The molecule has 0 bridgehead atoms. The zero-order chi connectivity index (χ0) is 15.5. The van der Waals surface area contributed by atoms with Crippen molar-refractivity contribution in [3.05, 3.63) is 18.1 Å². The normalized spacial score (nSPS) is 21.7. The summed E-state index contributed by atoms with van der Waals surface area (Å²) in [5, 5.41) is 5.84. The first-order valence-electron chi connectivity index (χ1n) is 6.99. The lowest BCUT2D eigenvalue weighted by Gasteiger charge is -2.12. The average molecular weight is 312 g/mol. The van der Waals surface area contributed by atoms with Crippen LogP contribution in [0.25, 0.3) is 0 Å². The van der Waals surface area contributed by atoms with Gasteiger partial charge in [-0.1, -0.05) is 6.92 Å². The number of sulfone groups is 1. The molecule has 1 aliphatic rings. The van der Waals surface area contributed by atoms with Gasteiger partial charge in [0, 0.05) is 12.1 Å². The summed E-state index contributed by atoms with van der Waals surface area (Å²) in [4.78, 5) is 20.0. The maximum Gasteiger partial charge on any atom is 0.271 e. The van der Waals surface area contributed by atoms with Crippen molar-refractivity contribution in [2.75, 3.05) is 16.8 Å². The molecular formula is C13H20N4O3S. The van der Waals surface area contributed by atoms with Gasteiger partial charge in [-0.05, 0) is 19.8 Å². The van der Waals surface area contributed by atoms with Crippen molar-refractivity contribution in [2.45, 2.75) is 38.8 Å². The van der Waals surface area contributed by atoms with Gasteiger partial charge >= 0.3 is 0 Å². The predicted molar refractivity (Wildman–Crippen MR) is 79.9 cm³/mol. The molecule has 1 aromatic rings. The lowest BCUT2D eigenvalue weighted by molar-refractivity contribution is 0.0934. The molecule has 2 rings (SSSR count). The van der Waals surface area contributed by atoms with Crippen LogP contribution in [0.4, 0.5) is 5.82 Å². The highest BCUT2D eigenvalue weighted by Gasteiger charge is 2.27. The van der Waals surface area contributed by atoms with Crippen molar-refractivity contribution in [2.24, 2.45) is 0 Å². The molecule has 1 aromatic heterocycles. The van der Waals surface area contributed by atoms with E-state index in [1.165, 1.54) is 12.4 Å². The van der Waals surface area contributed by atoms with E-state index in [4.69, 9.17) is 0 Å². The number of carbonyl (C=O) groups excluding carboxylic acids is 1. The largest absolute Gasteiger partial charge is 0.365 e. The zero-order valence-electron chi connectivity index (χ0n) is 12.2. The van der Waals surface area contributed by atoms with Crippen molar-refractivity contribution >= 4 is 21.6 Å². The SMILES string of the molecule is CCC(C)NC(=O)c1cnc(NC2CCS(=O)(=O)C2)cn1. The van der Waals surface area contributed by atoms with Crippen LogP contribution in [0.1, 0.15) is 37.2 Å². The van der Waals surface area contributed by atoms with Crippen LogP contribution < -0.4 is 10.6 Å². The van der Waals surface area contributed by atoms with Gasteiger partial charge in [0.25, 0.3) is 5.91 Å². The van der Waals surface area contributed by atoms with E-state index in [2.05, 4.69) is 20.6 Å². The third kappa shape index (κ3) is 4.38. The number of hydrogen-bond acceptors (Lipinski definition) is 6. The minimum Gasteiger partial charge on any atom is -0.365 e. The Bertz CT molecular complexity index is 600. The summed E-state index contributed by atoms with van der Waals surface area (Å²) in [6, 6.07) is -0.0510. The summed E-state index contributed by atoms with van der Waals surface area (Å²) in [6.45, 7) is 3.90. The number of nitrogens with one attached hydrogen (secondary N) is 2. The second kappa shape index (κ2) is 6.38. The standard InChI is InChI=1S/C13H20N4O3S/c1-3-9(2)16-13(18)11-6-15-12(7-14-11)17-10-4-5-21(19,20)8-10/h6-7,9-10H,3-5,8H2,1-2H3,(H,15,17)(H,16,18). The van der Waals surface area contributed by atoms with Gasteiger partial charge in [-0.25, -0.2) is 18.4 Å². The lowest BCUT2D eigenvalue weighted by Crippen LogP contribution is -2.32. The number of aromatic nitrogens is 2. The second-order valence-electron chi connectivity index (χ2n) is 5.31. The molecule has 0 spiro atoms. The van der Waals surface area contributed by atoms with Crippen molar-refractivity contribution in [3.8, 4) is 0 Å². The summed E-state index contributed by atoms with van der Waals surface area (Å²) in [5.41, 5.74) is 0.250. The Labute approximate surface area is 124 Å². The van der Waals surface area contributed by atoms with Crippen molar-refractivity contribution in [3.63, 3.8) is 0 Å². The van der Waals surface area contributed by atoms with Gasteiger partial charge in [0.1, 0.15) is 11.5 Å². The van der Waals surface area contributed by atoms with E-state index >= 15 is 0 Å². The maximum atomic E-state index is 11.8. The van der Waals surface area contributed by atoms with Gasteiger partial charge in [-0.3, -0.25) is 4.79 Å². The quantitative estimate of drug-likeness (QED) is 0.826. The monoisotopic (exact) mass is 312 g/mol. The van der Waals surface area contributed by atoms with E-state index in [0.29, 0.717) is 12.2 Å². The molecule has 1 fully saturated rings. The summed E-state index contributed by atoms with van der Waals surface area (Å²) in [7, 11) is -2.93. The van der Waals surface area contributed by atoms with Crippen LogP contribution in [0.2, 0.25) is 0 Å². The molecule has 8 heteroatoms. The average Bonchev–Trinajstić information content (AvgIpc) is 2.78. The van der Waals surface area contributed by atoms with Gasteiger partial charge in [0.05, 0.1) is 23.9 Å². The van der Waals surface area contributed by atoms with Crippen molar-refractivity contribution in [1.82, 2.24) is 15.3 Å². The first kappa shape index (κ1) is 15.7. The molecule has 1 saturated heterocycles.